The van der Waals surface area contributed by atoms with Crippen LogP contribution >= 0.6 is 0 Å². The van der Waals surface area contributed by atoms with Gasteiger partial charge in [0.25, 0.3) is 0 Å². The third-order valence-electron chi connectivity index (χ3n) is 7.68. The summed E-state index contributed by atoms with van der Waals surface area (Å²) in [5.74, 6) is 1.42. The van der Waals surface area contributed by atoms with Crippen LogP contribution in [0.1, 0.15) is 45.4 Å². The Morgan fingerprint density at radius 3 is 2.59 bits per heavy atom. The predicted octanol–water partition coefficient (Wildman–Crippen LogP) is 3.15. The molecule has 1 atom stereocenters. The van der Waals surface area contributed by atoms with Gasteiger partial charge in [0.1, 0.15) is 9.84 Å². The molecule has 0 spiro atoms. The summed E-state index contributed by atoms with van der Waals surface area (Å²) in [6, 6.07) is 8.19. The predicted molar refractivity (Wildman–Crippen MR) is 144 cm³/mol. The summed E-state index contributed by atoms with van der Waals surface area (Å²) < 4.78 is 31.1. The molecule has 1 saturated heterocycles. The van der Waals surface area contributed by atoms with E-state index in [1.807, 2.05) is 36.0 Å². The number of ether oxygens (including phenoxy) is 1. The summed E-state index contributed by atoms with van der Waals surface area (Å²) in [5, 5.41) is 19.0. The molecule has 1 aliphatic carbocycles. The normalized spacial score (nSPS) is 22.3. The number of aromatic nitrogens is 4. The standard InChI is InChI=1S/C26H36N6O4S/c1-3-36-25(33)18-7-9-19(10-8-18)29-26-27-14-11-24(30-26)32-23-6-4-5-22(21(23)17-28-32)31-15-12-20(13-16-31)37(2,34)35/h4-6,11,14,17-20,25,33H,3,7-10,12-13,15-16H2,1-2H3,(H,27,29,30). The second-order valence-corrected chi connectivity index (χ2v) is 12.4. The van der Waals surface area contributed by atoms with E-state index in [2.05, 4.69) is 26.4 Å². The fraction of sp³-hybridized carbons (Fsp3) is 0.577. The quantitative estimate of drug-likeness (QED) is 0.425. The molecule has 3 aromatic rings. The number of hydrogen-bond acceptors (Lipinski definition) is 9. The van der Waals surface area contributed by atoms with E-state index in [0.29, 0.717) is 44.3 Å². The van der Waals surface area contributed by atoms with Crippen LogP contribution in [-0.4, -0.2) is 76.8 Å². The highest BCUT2D eigenvalue weighted by molar-refractivity contribution is 7.91. The minimum atomic E-state index is -3.01. The number of aliphatic hydroxyl groups excluding tert-OH is 1. The monoisotopic (exact) mass is 528 g/mol. The van der Waals surface area contributed by atoms with Gasteiger partial charge in [-0.1, -0.05) is 6.07 Å². The highest BCUT2D eigenvalue weighted by atomic mass is 32.2. The Kier molecular flexibility index (Phi) is 7.64. The molecule has 2 aliphatic rings. The van der Waals surface area contributed by atoms with Gasteiger partial charge in [0, 0.05) is 61.2 Å². The molecule has 1 aromatic carbocycles. The van der Waals surface area contributed by atoms with Crippen LogP contribution < -0.4 is 10.2 Å². The van der Waals surface area contributed by atoms with Crippen LogP contribution in [0.3, 0.4) is 0 Å². The van der Waals surface area contributed by atoms with Crippen LogP contribution in [0.4, 0.5) is 11.6 Å². The van der Waals surface area contributed by atoms with E-state index in [1.165, 1.54) is 6.26 Å². The first kappa shape index (κ1) is 25.9. The average Bonchev–Trinajstić information content (AvgIpc) is 3.33. The zero-order valence-electron chi connectivity index (χ0n) is 21.5. The molecule has 0 amide bonds. The summed E-state index contributed by atoms with van der Waals surface area (Å²) in [5.41, 5.74) is 2.01. The van der Waals surface area contributed by atoms with E-state index in [-0.39, 0.29) is 17.2 Å². The van der Waals surface area contributed by atoms with Gasteiger partial charge in [0.2, 0.25) is 5.95 Å². The molecular formula is C26H36N6O4S. The fourth-order valence-electron chi connectivity index (χ4n) is 5.59. The molecule has 1 aliphatic heterocycles. The van der Waals surface area contributed by atoms with Gasteiger partial charge >= 0.3 is 0 Å². The van der Waals surface area contributed by atoms with Crippen molar-refractivity contribution in [2.45, 2.75) is 63.0 Å². The molecule has 0 radical (unpaired) electrons. The number of aliphatic hydroxyl groups is 1. The van der Waals surface area contributed by atoms with Crippen LogP contribution in [-0.2, 0) is 14.6 Å². The zero-order chi connectivity index (χ0) is 26.0. The van der Waals surface area contributed by atoms with Gasteiger partial charge in [-0.15, -0.1) is 0 Å². The van der Waals surface area contributed by atoms with Gasteiger partial charge < -0.3 is 20.1 Å². The largest absolute Gasteiger partial charge is 0.371 e. The lowest BCUT2D eigenvalue weighted by Crippen LogP contribution is -2.39. The van der Waals surface area contributed by atoms with E-state index in [9.17, 15) is 13.5 Å². The van der Waals surface area contributed by atoms with Crippen molar-refractivity contribution in [1.29, 1.82) is 0 Å². The molecule has 3 heterocycles. The number of piperidine rings is 1. The van der Waals surface area contributed by atoms with Gasteiger partial charge in [0.15, 0.2) is 12.1 Å². The minimum Gasteiger partial charge on any atom is -0.371 e. The Labute approximate surface area is 218 Å². The second kappa shape index (κ2) is 10.9. The number of nitrogens with zero attached hydrogens (tertiary/aromatic N) is 5. The molecule has 1 unspecified atom stereocenters. The number of sulfone groups is 1. The second-order valence-electron chi connectivity index (χ2n) is 10.1. The Bertz CT molecular complexity index is 1310. The van der Waals surface area contributed by atoms with Gasteiger partial charge in [0.05, 0.1) is 17.0 Å². The summed E-state index contributed by atoms with van der Waals surface area (Å²) in [6.07, 6.45) is 9.15. The van der Waals surface area contributed by atoms with Crippen molar-refractivity contribution in [1.82, 2.24) is 19.7 Å². The molecule has 11 heteroatoms. The van der Waals surface area contributed by atoms with Crippen molar-refractivity contribution in [2.24, 2.45) is 5.92 Å². The number of rotatable bonds is 8. The molecule has 0 bridgehead atoms. The smallest absolute Gasteiger partial charge is 0.224 e. The molecule has 2 N–H and O–H groups in total. The Hall–Kier alpha value is -2.76. The molecule has 10 nitrogen and oxygen atoms in total. The Morgan fingerprint density at radius 2 is 1.89 bits per heavy atom. The van der Waals surface area contributed by atoms with E-state index >= 15 is 0 Å². The molecular weight excluding hydrogens is 492 g/mol. The van der Waals surface area contributed by atoms with Crippen molar-refractivity contribution >= 4 is 32.4 Å². The van der Waals surface area contributed by atoms with E-state index in [1.54, 1.807) is 6.20 Å². The first-order chi connectivity index (χ1) is 17.8. The minimum absolute atomic E-state index is 0.173. The van der Waals surface area contributed by atoms with Crippen LogP contribution in [0.5, 0.6) is 0 Å². The van der Waals surface area contributed by atoms with Crippen molar-refractivity contribution in [3.8, 4) is 5.82 Å². The number of benzene rings is 1. The number of anilines is 2. The van der Waals surface area contributed by atoms with Crippen molar-refractivity contribution in [3.63, 3.8) is 0 Å². The molecule has 2 fully saturated rings. The van der Waals surface area contributed by atoms with Crippen molar-refractivity contribution in [2.75, 3.05) is 36.2 Å². The Balaban J connectivity index is 1.29. The molecule has 37 heavy (non-hydrogen) atoms. The number of hydrogen-bond donors (Lipinski definition) is 2. The topological polar surface area (TPSA) is 122 Å². The third-order valence-corrected chi connectivity index (χ3v) is 9.36. The van der Waals surface area contributed by atoms with Crippen LogP contribution in [0.15, 0.2) is 36.7 Å². The van der Waals surface area contributed by atoms with Gasteiger partial charge in [-0.25, -0.2) is 18.1 Å². The molecule has 1 saturated carbocycles. The van der Waals surface area contributed by atoms with E-state index < -0.39 is 16.1 Å². The molecule has 5 rings (SSSR count). The fourth-order valence-corrected chi connectivity index (χ4v) is 6.66. The SMILES string of the molecule is CCOC(O)C1CCC(Nc2nccc(-n3ncc4c(N5CCC(S(C)(=O)=O)CC5)cccc43)n2)CC1. The average molecular weight is 529 g/mol. The summed E-state index contributed by atoms with van der Waals surface area (Å²) >= 11 is 0. The lowest BCUT2D eigenvalue weighted by molar-refractivity contribution is -0.137. The van der Waals surface area contributed by atoms with Crippen LogP contribution in [0, 0.1) is 5.92 Å². The molecule has 2 aromatic heterocycles. The van der Waals surface area contributed by atoms with E-state index in [4.69, 9.17) is 9.72 Å². The van der Waals surface area contributed by atoms with Crippen LogP contribution in [0.2, 0.25) is 0 Å². The lowest BCUT2D eigenvalue weighted by Gasteiger charge is -2.33. The lowest BCUT2D eigenvalue weighted by atomic mass is 9.85. The first-order valence-electron chi connectivity index (χ1n) is 13.1. The maximum absolute atomic E-state index is 12.0. The summed E-state index contributed by atoms with van der Waals surface area (Å²) in [7, 11) is -3.01. The van der Waals surface area contributed by atoms with E-state index in [0.717, 1.165) is 42.3 Å². The highest BCUT2D eigenvalue weighted by Gasteiger charge is 2.28. The molecule has 200 valence electrons. The zero-order valence-corrected chi connectivity index (χ0v) is 22.3. The van der Waals surface area contributed by atoms with Gasteiger partial charge in [-0.05, 0) is 57.6 Å². The van der Waals surface area contributed by atoms with Crippen molar-refractivity contribution in [3.05, 3.63) is 36.7 Å². The maximum Gasteiger partial charge on any atom is 0.224 e. The number of fused-ring (bicyclic) bond motifs is 1. The van der Waals surface area contributed by atoms with Crippen LogP contribution in [0.25, 0.3) is 16.7 Å². The highest BCUT2D eigenvalue weighted by Crippen LogP contribution is 2.32. The maximum atomic E-state index is 12.0. The van der Waals surface area contributed by atoms with Gasteiger partial charge in [-0.3, -0.25) is 0 Å². The summed E-state index contributed by atoms with van der Waals surface area (Å²) in [4.78, 5) is 11.4. The van der Waals surface area contributed by atoms with Crippen molar-refractivity contribution < 1.29 is 18.3 Å². The first-order valence-corrected chi connectivity index (χ1v) is 15.1. The third kappa shape index (κ3) is 5.73. The van der Waals surface area contributed by atoms with Gasteiger partial charge in [-0.2, -0.15) is 10.1 Å². The summed E-state index contributed by atoms with van der Waals surface area (Å²) in [6.45, 7) is 3.82. The Morgan fingerprint density at radius 1 is 1.14 bits per heavy atom. The number of nitrogens with one attached hydrogen (secondary N) is 1.